The Morgan fingerprint density at radius 2 is 1.92 bits per heavy atom. The lowest BCUT2D eigenvalue weighted by molar-refractivity contribution is 0.875. The highest BCUT2D eigenvalue weighted by Gasteiger charge is 2.08. The normalized spacial score (nSPS) is 11.8. The van der Waals surface area contributed by atoms with Crippen LogP contribution in [0.3, 0.4) is 0 Å². The molecule has 0 heterocycles. The summed E-state index contributed by atoms with van der Waals surface area (Å²) in [6.45, 7) is 7.10. The smallest absolute Gasteiger partial charge is 0.0621 e. The molecule has 0 bridgehead atoms. The summed E-state index contributed by atoms with van der Waals surface area (Å²) in [5.74, 6) is 0. The molecule has 0 saturated heterocycles. The molecule has 0 aromatic heterocycles. The molecule has 0 unspecified atom stereocenters. The van der Waals surface area contributed by atoms with Crippen LogP contribution < -0.4 is 0 Å². The first kappa shape index (κ1) is 11.4. The van der Waals surface area contributed by atoms with Gasteiger partial charge in [-0.25, -0.2) is 0 Å². The van der Waals surface area contributed by atoms with Gasteiger partial charge in [0.15, 0.2) is 0 Å². The summed E-state index contributed by atoms with van der Waals surface area (Å²) < 4.78 is 0. The number of unbranched alkanes of at least 4 members (excludes halogenated alkanes) is 2. The third-order valence-corrected chi connectivity index (χ3v) is 3.02. The maximum Gasteiger partial charge on any atom is 0.0621 e. The van der Waals surface area contributed by atoms with Gasteiger partial charge in [-0.3, -0.25) is 0 Å². The van der Waals surface area contributed by atoms with Gasteiger partial charge < -0.3 is 0 Å². The van der Waals surface area contributed by atoms with E-state index in [4.69, 9.17) is 5.26 Å². The summed E-state index contributed by atoms with van der Waals surface area (Å²) in [7, 11) is -0.878. The number of rotatable bonds is 5. The zero-order valence-electron chi connectivity index (χ0n) is 8.43. The largest absolute Gasteiger partial charge is 0.198 e. The van der Waals surface area contributed by atoms with Gasteiger partial charge in [-0.1, -0.05) is 31.8 Å². The molecular formula is C10H19NSi. The van der Waals surface area contributed by atoms with Gasteiger partial charge in [0, 0.05) is 14.5 Å². The van der Waals surface area contributed by atoms with Gasteiger partial charge in [-0.15, -0.1) is 0 Å². The predicted molar refractivity (Wildman–Crippen MR) is 56.8 cm³/mol. The predicted octanol–water partition coefficient (Wildman–Crippen LogP) is 3.57. The summed E-state index contributed by atoms with van der Waals surface area (Å²) in [5.41, 5.74) is 0. The molecule has 1 nitrogen and oxygen atoms in total. The minimum absolute atomic E-state index is 0.692. The van der Waals surface area contributed by atoms with Crippen molar-refractivity contribution < 1.29 is 0 Å². The molecule has 0 aromatic rings. The van der Waals surface area contributed by atoms with Crippen LogP contribution in [0.2, 0.25) is 25.7 Å². The molecule has 0 amide bonds. The van der Waals surface area contributed by atoms with Gasteiger partial charge >= 0.3 is 0 Å². The maximum absolute atomic E-state index is 8.28. The molecule has 0 aliphatic carbocycles. The molecule has 0 fully saturated rings. The minimum Gasteiger partial charge on any atom is -0.198 e. The summed E-state index contributed by atoms with van der Waals surface area (Å²) >= 11 is 0. The Balaban J connectivity index is 3.33. The molecule has 68 valence electrons. The zero-order chi connectivity index (χ0) is 9.45. The number of hydrogen-bond acceptors (Lipinski definition) is 1. The molecule has 0 radical (unpaired) electrons. The number of allylic oxidation sites excluding steroid dienone is 2. The second kappa shape index (κ2) is 6.02. The van der Waals surface area contributed by atoms with E-state index in [0.29, 0.717) is 6.42 Å². The lowest BCUT2D eigenvalue weighted by Gasteiger charge is -2.11. The quantitative estimate of drug-likeness (QED) is 0.361. The van der Waals surface area contributed by atoms with Gasteiger partial charge in [0.25, 0.3) is 0 Å². The van der Waals surface area contributed by atoms with Crippen LogP contribution in [0.1, 0.15) is 19.3 Å². The Labute approximate surface area is 77.1 Å². The molecule has 0 rings (SSSR count). The molecule has 12 heavy (non-hydrogen) atoms. The molecule has 0 spiro atoms. The Bertz CT molecular complexity index is 171. The Kier molecular flexibility index (Phi) is 5.74. The van der Waals surface area contributed by atoms with Crippen LogP contribution in [0.25, 0.3) is 0 Å². The molecule has 0 atom stereocenters. The minimum atomic E-state index is -0.878. The van der Waals surface area contributed by atoms with Crippen molar-refractivity contribution in [1.82, 2.24) is 0 Å². The lowest BCUT2D eigenvalue weighted by Crippen LogP contribution is -2.17. The van der Waals surface area contributed by atoms with Gasteiger partial charge in [0.1, 0.15) is 0 Å². The molecule has 0 aromatic carbocycles. The molecule has 2 heteroatoms. The first-order chi connectivity index (χ1) is 5.56. The second-order valence-electron chi connectivity index (χ2n) is 4.29. The molecule has 0 aliphatic rings. The lowest BCUT2D eigenvalue weighted by atomic mass is 10.2. The van der Waals surface area contributed by atoms with E-state index in [1.165, 1.54) is 6.04 Å². The Morgan fingerprint density at radius 3 is 2.42 bits per heavy atom. The standard InChI is InChI=1S/C10H19NSi/c1-12(2,3)10-8-6-4-5-7-9-11/h6,8H,4-5,7,10H2,1-3H3/b8-6+. The SMILES string of the molecule is C[Si](C)(C)C/C=C/CCCC#N. The van der Waals surface area contributed by atoms with Crippen molar-refractivity contribution in [2.24, 2.45) is 0 Å². The zero-order valence-corrected chi connectivity index (χ0v) is 9.43. The highest BCUT2D eigenvalue weighted by Crippen LogP contribution is 2.09. The summed E-state index contributed by atoms with van der Waals surface area (Å²) in [4.78, 5) is 0. The summed E-state index contributed by atoms with van der Waals surface area (Å²) in [6, 6.07) is 3.41. The van der Waals surface area contributed by atoms with Crippen LogP contribution in [0.5, 0.6) is 0 Å². The summed E-state index contributed by atoms with van der Waals surface area (Å²) in [5, 5.41) is 8.28. The Hall–Kier alpha value is -0.553. The molecule has 0 saturated carbocycles. The van der Waals surface area contributed by atoms with Crippen LogP contribution in [0.15, 0.2) is 12.2 Å². The van der Waals surface area contributed by atoms with E-state index in [2.05, 4.69) is 37.9 Å². The van der Waals surface area contributed by atoms with E-state index in [1.54, 1.807) is 0 Å². The topological polar surface area (TPSA) is 23.8 Å². The third kappa shape index (κ3) is 9.45. The van der Waals surface area contributed by atoms with E-state index in [-0.39, 0.29) is 0 Å². The average molecular weight is 181 g/mol. The monoisotopic (exact) mass is 181 g/mol. The van der Waals surface area contributed by atoms with Crippen molar-refractivity contribution >= 4 is 8.07 Å². The highest BCUT2D eigenvalue weighted by atomic mass is 28.3. The van der Waals surface area contributed by atoms with E-state index in [9.17, 15) is 0 Å². The van der Waals surface area contributed by atoms with Crippen LogP contribution in [0.4, 0.5) is 0 Å². The fraction of sp³-hybridized carbons (Fsp3) is 0.700. The highest BCUT2D eigenvalue weighted by molar-refractivity contribution is 6.76. The molecule has 0 aliphatic heterocycles. The van der Waals surface area contributed by atoms with Crippen LogP contribution in [-0.4, -0.2) is 8.07 Å². The number of nitrogens with zero attached hydrogens (tertiary/aromatic N) is 1. The van der Waals surface area contributed by atoms with Gasteiger partial charge in [0.05, 0.1) is 6.07 Å². The second-order valence-corrected chi connectivity index (χ2v) is 9.82. The first-order valence-electron chi connectivity index (χ1n) is 4.58. The van der Waals surface area contributed by atoms with E-state index >= 15 is 0 Å². The third-order valence-electron chi connectivity index (χ3n) is 1.56. The van der Waals surface area contributed by atoms with Gasteiger partial charge in [0.2, 0.25) is 0 Å². The van der Waals surface area contributed by atoms with Crippen molar-refractivity contribution in [3.05, 3.63) is 12.2 Å². The van der Waals surface area contributed by atoms with Gasteiger partial charge in [-0.2, -0.15) is 5.26 Å². The fourth-order valence-corrected chi connectivity index (χ4v) is 1.73. The Morgan fingerprint density at radius 1 is 1.25 bits per heavy atom. The maximum atomic E-state index is 8.28. The summed E-state index contributed by atoms with van der Waals surface area (Å²) in [6.07, 6.45) is 7.27. The van der Waals surface area contributed by atoms with Crippen molar-refractivity contribution in [3.8, 4) is 6.07 Å². The number of nitriles is 1. The van der Waals surface area contributed by atoms with Crippen molar-refractivity contribution in [1.29, 1.82) is 5.26 Å². The van der Waals surface area contributed by atoms with Crippen LogP contribution in [-0.2, 0) is 0 Å². The van der Waals surface area contributed by atoms with Gasteiger partial charge in [-0.05, 0) is 18.9 Å². The van der Waals surface area contributed by atoms with Crippen LogP contribution in [0, 0.1) is 11.3 Å². The molecular weight excluding hydrogens is 162 g/mol. The van der Waals surface area contributed by atoms with Crippen molar-refractivity contribution in [3.63, 3.8) is 0 Å². The average Bonchev–Trinajstić information content (AvgIpc) is 1.94. The number of hydrogen-bond donors (Lipinski definition) is 0. The van der Waals surface area contributed by atoms with Crippen LogP contribution >= 0.6 is 0 Å². The van der Waals surface area contributed by atoms with E-state index in [1.807, 2.05) is 0 Å². The van der Waals surface area contributed by atoms with E-state index < -0.39 is 8.07 Å². The van der Waals surface area contributed by atoms with E-state index in [0.717, 1.165) is 12.8 Å². The molecule has 0 N–H and O–H groups in total. The van der Waals surface area contributed by atoms with Crippen molar-refractivity contribution in [2.45, 2.75) is 44.9 Å². The van der Waals surface area contributed by atoms with Crippen molar-refractivity contribution in [2.75, 3.05) is 0 Å². The fourth-order valence-electron chi connectivity index (χ4n) is 0.854. The first-order valence-corrected chi connectivity index (χ1v) is 8.29.